The van der Waals surface area contributed by atoms with E-state index < -0.39 is 11.8 Å². The van der Waals surface area contributed by atoms with E-state index in [4.69, 9.17) is 18.9 Å². The molecule has 0 heterocycles. The van der Waals surface area contributed by atoms with E-state index in [2.05, 4.69) is 10.9 Å². The molecule has 3 aromatic rings. The average Bonchev–Trinajstić information content (AvgIpc) is 2.85. The molecule has 3 aromatic carbocycles. The van der Waals surface area contributed by atoms with E-state index in [9.17, 15) is 9.59 Å². The molecule has 2 N–H and O–H groups in total. The Hall–Kier alpha value is -4.20. The molecule has 0 aromatic heterocycles. The summed E-state index contributed by atoms with van der Waals surface area (Å²) in [7, 11) is 4.37. The molecule has 166 valence electrons. The average molecular weight is 436 g/mol. The Bertz CT molecular complexity index is 1040. The summed E-state index contributed by atoms with van der Waals surface area (Å²) < 4.78 is 21.2. The topological polar surface area (TPSA) is 95.1 Å². The minimum absolute atomic E-state index is 0.220. The molecular weight excluding hydrogens is 412 g/mol. The van der Waals surface area contributed by atoms with Gasteiger partial charge in [-0.3, -0.25) is 20.4 Å². The van der Waals surface area contributed by atoms with Crippen molar-refractivity contribution in [2.75, 3.05) is 27.9 Å². The summed E-state index contributed by atoms with van der Waals surface area (Å²) in [4.78, 5) is 24.5. The van der Waals surface area contributed by atoms with Crippen LogP contribution in [0, 0.1) is 0 Å². The van der Waals surface area contributed by atoms with Gasteiger partial charge in [0.15, 0.2) is 18.1 Å². The van der Waals surface area contributed by atoms with Crippen LogP contribution in [0.1, 0.15) is 10.4 Å². The highest BCUT2D eigenvalue weighted by Crippen LogP contribution is 2.38. The molecular formula is C24H24N2O6. The summed E-state index contributed by atoms with van der Waals surface area (Å²) in [6.45, 7) is -0.264. The molecule has 0 aliphatic carbocycles. The quantitative estimate of drug-likeness (QED) is 0.527. The number of amides is 2. The van der Waals surface area contributed by atoms with E-state index in [1.54, 1.807) is 12.1 Å². The van der Waals surface area contributed by atoms with Gasteiger partial charge in [0.1, 0.15) is 5.75 Å². The molecule has 0 fully saturated rings. The zero-order chi connectivity index (χ0) is 22.9. The van der Waals surface area contributed by atoms with Gasteiger partial charge in [0.2, 0.25) is 5.75 Å². The van der Waals surface area contributed by atoms with Gasteiger partial charge in [0.25, 0.3) is 11.8 Å². The molecule has 0 saturated heterocycles. The van der Waals surface area contributed by atoms with Crippen molar-refractivity contribution in [1.29, 1.82) is 0 Å². The second-order valence-corrected chi connectivity index (χ2v) is 6.60. The van der Waals surface area contributed by atoms with Crippen molar-refractivity contribution in [3.63, 3.8) is 0 Å². The Labute approximate surface area is 186 Å². The molecule has 0 saturated carbocycles. The normalized spacial score (nSPS) is 10.1. The van der Waals surface area contributed by atoms with Crippen molar-refractivity contribution < 1.29 is 28.5 Å². The van der Waals surface area contributed by atoms with Crippen LogP contribution in [0.4, 0.5) is 0 Å². The van der Waals surface area contributed by atoms with Crippen LogP contribution in [0.2, 0.25) is 0 Å². The second-order valence-electron chi connectivity index (χ2n) is 6.60. The molecule has 3 rings (SSSR count). The molecule has 0 aliphatic heterocycles. The van der Waals surface area contributed by atoms with Crippen LogP contribution in [-0.4, -0.2) is 39.8 Å². The van der Waals surface area contributed by atoms with E-state index in [1.807, 2.05) is 42.5 Å². The molecule has 0 spiro atoms. The van der Waals surface area contributed by atoms with Crippen LogP contribution in [0.15, 0.2) is 66.7 Å². The third kappa shape index (κ3) is 5.48. The highest BCUT2D eigenvalue weighted by Gasteiger charge is 2.17. The van der Waals surface area contributed by atoms with Crippen molar-refractivity contribution in [3.8, 4) is 34.1 Å². The first-order valence-corrected chi connectivity index (χ1v) is 9.73. The maximum Gasteiger partial charge on any atom is 0.276 e. The number of hydrogen-bond acceptors (Lipinski definition) is 6. The highest BCUT2D eigenvalue weighted by atomic mass is 16.5. The number of hydrazine groups is 1. The predicted molar refractivity (Wildman–Crippen MR) is 119 cm³/mol. The molecule has 8 nitrogen and oxygen atoms in total. The van der Waals surface area contributed by atoms with Gasteiger partial charge in [-0.15, -0.1) is 0 Å². The van der Waals surface area contributed by atoms with Crippen molar-refractivity contribution >= 4 is 11.8 Å². The van der Waals surface area contributed by atoms with Crippen LogP contribution >= 0.6 is 0 Å². The smallest absolute Gasteiger partial charge is 0.276 e. The highest BCUT2D eigenvalue weighted by molar-refractivity contribution is 5.96. The Morgan fingerprint density at radius 2 is 1.34 bits per heavy atom. The van der Waals surface area contributed by atoms with Crippen LogP contribution in [0.3, 0.4) is 0 Å². The van der Waals surface area contributed by atoms with Crippen LogP contribution < -0.4 is 29.8 Å². The summed E-state index contributed by atoms with van der Waals surface area (Å²) in [6.07, 6.45) is 0. The zero-order valence-electron chi connectivity index (χ0n) is 18.0. The Morgan fingerprint density at radius 3 is 1.91 bits per heavy atom. The molecule has 8 heteroatoms. The summed E-state index contributed by atoms with van der Waals surface area (Å²) in [6, 6.07) is 20.3. The fourth-order valence-electron chi connectivity index (χ4n) is 2.97. The first-order valence-electron chi connectivity index (χ1n) is 9.73. The summed E-state index contributed by atoms with van der Waals surface area (Å²) in [5.74, 6) is 0.483. The molecule has 32 heavy (non-hydrogen) atoms. The first-order chi connectivity index (χ1) is 15.5. The van der Waals surface area contributed by atoms with Gasteiger partial charge >= 0.3 is 0 Å². The number of carbonyl (C=O) groups is 2. The molecule has 0 unspecified atom stereocenters. The van der Waals surface area contributed by atoms with Crippen LogP contribution in [-0.2, 0) is 4.79 Å². The fraction of sp³-hybridized carbons (Fsp3) is 0.167. The van der Waals surface area contributed by atoms with Crippen molar-refractivity contribution in [2.24, 2.45) is 0 Å². The maximum absolute atomic E-state index is 12.4. The summed E-state index contributed by atoms with van der Waals surface area (Å²) >= 11 is 0. The van der Waals surface area contributed by atoms with E-state index in [0.29, 0.717) is 23.0 Å². The number of benzene rings is 3. The van der Waals surface area contributed by atoms with Gasteiger partial charge in [0.05, 0.1) is 21.3 Å². The molecule has 0 atom stereocenters. The number of carbonyl (C=O) groups excluding carboxylic acids is 2. The molecule has 0 radical (unpaired) electrons. The van der Waals surface area contributed by atoms with Gasteiger partial charge in [-0.05, 0) is 35.4 Å². The van der Waals surface area contributed by atoms with Gasteiger partial charge in [-0.2, -0.15) is 0 Å². The summed E-state index contributed by atoms with van der Waals surface area (Å²) in [5.41, 5.74) is 7.00. The van der Waals surface area contributed by atoms with Crippen LogP contribution in [0.25, 0.3) is 11.1 Å². The second kappa shape index (κ2) is 10.7. The SMILES string of the molecule is COc1cc(C(=O)NNC(=O)COc2ccc(-c3ccccc3)cc2)cc(OC)c1OC. The molecule has 0 bridgehead atoms. The van der Waals surface area contributed by atoms with Gasteiger partial charge in [0, 0.05) is 5.56 Å². The monoisotopic (exact) mass is 436 g/mol. The first kappa shape index (κ1) is 22.5. The fourth-order valence-corrected chi connectivity index (χ4v) is 2.97. The third-order valence-electron chi connectivity index (χ3n) is 4.57. The van der Waals surface area contributed by atoms with E-state index in [0.717, 1.165) is 11.1 Å². The minimum Gasteiger partial charge on any atom is -0.493 e. The number of hydrogen-bond donors (Lipinski definition) is 2. The molecule has 0 aliphatic rings. The lowest BCUT2D eigenvalue weighted by atomic mass is 10.1. The lowest BCUT2D eigenvalue weighted by Gasteiger charge is -2.14. The Balaban J connectivity index is 1.53. The summed E-state index contributed by atoms with van der Waals surface area (Å²) in [5, 5.41) is 0. The lowest BCUT2D eigenvalue weighted by molar-refractivity contribution is -0.123. The van der Waals surface area contributed by atoms with Gasteiger partial charge < -0.3 is 18.9 Å². The number of rotatable bonds is 8. The minimum atomic E-state index is -0.551. The number of ether oxygens (including phenoxy) is 4. The van der Waals surface area contributed by atoms with Crippen LogP contribution in [0.5, 0.6) is 23.0 Å². The number of methoxy groups -OCH3 is 3. The van der Waals surface area contributed by atoms with E-state index in [1.165, 1.54) is 33.5 Å². The van der Waals surface area contributed by atoms with Crippen molar-refractivity contribution in [3.05, 3.63) is 72.3 Å². The predicted octanol–water partition coefficient (Wildman–Crippen LogP) is 3.22. The van der Waals surface area contributed by atoms with Crippen molar-refractivity contribution in [1.82, 2.24) is 10.9 Å². The van der Waals surface area contributed by atoms with E-state index in [-0.39, 0.29) is 12.2 Å². The van der Waals surface area contributed by atoms with E-state index >= 15 is 0 Å². The maximum atomic E-state index is 12.4. The molecule has 2 amide bonds. The third-order valence-corrected chi connectivity index (χ3v) is 4.57. The standard InChI is InChI=1S/C24H24N2O6/c1-29-20-13-18(14-21(30-2)23(20)31-3)24(28)26-25-22(27)15-32-19-11-9-17(10-12-19)16-7-5-4-6-8-16/h4-14H,15H2,1-3H3,(H,25,27)(H,26,28). The largest absolute Gasteiger partial charge is 0.493 e. The lowest BCUT2D eigenvalue weighted by Crippen LogP contribution is -2.43. The van der Waals surface area contributed by atoms with Gasteiger partial charge in [-0.1, -0.05) is 42.5 Å². The van der Waals surface area contributed by atoms with Crippen molar-refractivity contribution in [2.45, 2.75) is 0 Å². The zero-order valence-corrected chi connectivity index (χ0v) is 18.0. The van der Waals surface area contributed by atoms with Gasteiger partial charge in [-0.25, -0.2) is 0 Å². The Morgan fingerprint density at radius 1 is 0.750 bits per heavy atom. The Kier molecular flexibility index (Phi) is 7.53. The number of nitrogens with one attached hydrogen (secondary N) is 2.